The number of hydrogen-bond acceptors (Lipinski definition) is 3. The van der Waals surface area contributed by atoms with E-state index >= 15 is 0 Å². The molecule has 1 amide bonds. The first-order valence-electron chi connectivity index (χ1n) is 8.43. The third kappa shape index (κ3) is 3.72. The first-order valence-corrected chi connectivity index (χ1v) is 8.43. The quantitative estimate of drug-likeness (QED) is 0.854. The number of halogens is 1. The zero-order valence-electron chi connectivity index (χ0n) is 14.6. The Morgan fingerprint density at radius 3 is 2.26 bits per heavy atom. The van der Waals surface area contributed by atoms with E-state index in [-0.39, 0.29) is 23.9 Å². The van der Waals surface area contributed by atoms with Gasteiger partial charge in [0.15, 0.2) is 5.69 Å². The molecule has 2 fully saturated rings. The fraction of sp³-hybridized carbons (Fsp3) is 0.765. The second kappa shape index (κ2) is 6.81. The summed E-state index contributed by atoms with van der Waals surface area (Å²) in [4.78, 5) is 14.8. The van der Waals surface area contributed by atoms with Gasteiger partial charge in [0.2, 0.25) is 0 Å². The molecule has 5 nitrogen and oxygen atoms in total. The number of aryl methyl sites for hydroxylation is 1. The lowest BCUT2D eigenvalue weighted by Crippen LogP contribution is -2.33. The molecule has 2 atom stereocenters. The molecule has 1 aromatic heterocycles. The number of likely N-dealkylation sites (tertiary alicyclic amines) is 1. The second-order valence-corrected chi connectivity index (χ2v) is 7.80. The van der Waals surface area contributed by atoms with Gasteiger partial charge >= 0.3 is 0 Å². The maximum Gasteiger partial charge on any atom is 0.274 e. The van der Waals surface area contributed by atoms with E-state index in [1.54, 1.807) is 0 Å². The van der Waals surface area contributed by atoms with Crippen LogP contribution in [0.15, 0.2) is 6.07 Å². The van der Waals surface area contributed by atoms with Crippen molar-refractivity contribution >= 4 is 18.3 Å². The minimum absolute atomic E-state index is 0. The Kier molecular flexibility index (Phi) is 5.41. The molecule has 0 unspecified atom stereocenters. The Morgan fingerprint density at radius 1 is 1.22 bits per heavy atom. The van der Waals surface area contributed by atoms with Crippen LogP contribution in [0.3, 0.4) is 0 Å². The van der Waals surface area contributed by atoms with Crippen LogP contribution < -0.4 is 5.32 Å². The molecular formula is C17H29ClN4O. The topological polar surface area (TPSA) is 50.2 Å². The van der Waals surface area contributed by atoms with Crippen molar-refractivity contribution in [3.05, 3.63) is 17.5 Å². The van der Waals surface area contributed by atoms with Gasteiger partial charge in [0.1, 0.15) is 0 Å². The van der Waals surface area contributed by atoms with Crippen molar-refractivity contribution in [1.29, 1.82) is 0 Å². The number of nitrogens with one attached hydrogen (secondary N) is 1. The lowest BCUT2D eigenvalue weighted by molar-refractivity contribution is 0.0751. The molecule has 23 heavy (non-hydrogen) atoms. The molecule has 0 radical (unpaired) electrons. The third-order valence-electron chi connectivity index (χ3n) is 5.05. The van der Waals surface area contributed by atoms with Crippen LogP contribution in [0, 0.1) is 18.8 Å². The zero-order chi connectivity index (χ0) is 15.9. The van der Waals surface area contributed by atoms with Gasteiger partial charge in [0.05, 0.1) is 5.54 Å². The average molecular weight is 341 g/mol. The van der Waals surface area contributed by atoms with Crippen LogP contribution in [0.2, 0.25) is 0 Å². The van der Waals surface area contributed by atoms with Gasteiger partial charge in [-0.1, -0.05) is 0 Å². The van der Waals surface area contributed by atoms with E-state index in [9.17, 15) is 4.79 Å². The smallest absolute Gasteiger partial charge is 0.274 e. The van der Waals surface area contributed by atoms with E-state index in [4.69, 9.17) is 0 Å². The molecule has 0 aromatic carbocycles. The number of fused-ring (bicyclic) bond motifs is 1. The highest BCUT2D eigenvalue weighted by molar-refractivity contribution is 5.92. The third-order valence-corrected chi connectivity index (χ3v) is 5.05. The molecule has 2 aliphatic heterocycles. The summed E-state index contributed by atoms with van der Waals surface area (Å²) in [6.45, 7) is 12.3. The fourth-order valence-corrected chi connectivity index (χ4v) is 3.84. The van der Waals surface area contributed by atoms with Crippen molar-refractivity contribution in [3.63, 3.8) is 0 Å². The predicted molar refractivity (Wildman–Crippen MR) is 94.2 cm³/mol. The molecule has 0 aliphatic carbocycles. The van der Waals surface area contributed by atoms with Crippen molar-refractivity contribution < 1.29 is 4.79 Å². The fourth-order valence-electron chi connectivity index (χ4n) is 3.84. The molecule has 1 N–H and O–H groups in total. The van der Waals surface area contributed by atoms with Crippen molar-refractivity contribution in [3.8, 4) is 0 Å². The average Bonchev–Trinajstić information content (AvgIpc) is 3.00. The minimum atomic E-state index is -0.0932. The summed E-state index contributed by atoms with van der Waals surface area (Å²) in [6.07, 6.45) is 2.23. The van der Waals surface area contributed by atoms with Crippen LogP contribution in [0.1, 0.15) is 49.8 Å². The molecule has 6 heteroatoms. The number of aromatic nitrogens is 2. The first kappa shape index (κ1) is 18.3. The number of carbonyl (C=O) groups is 1. The Bertz CT molecular complexity index is 549. The summed E-state index contributed by atoms with van der Waals surface area (Å²) < 4.78 is 1.96. The van der Waals surface area contributed by atoms with Crippen molar-refractivity contribution in [2.24, 2.45) is 11.8 Å². The van der Waals surface area contributed by atoms with Crippen LogP contribution in [0.25, 0.3) is 0 Å². The van der Waals surface area contributed by atoms with E-state index in [0.717, 1.165) is 56.6 Å². The highest BCUT2D eigenvalue weighted by Gasteiger charge is 2.32. The highest BCUT2D eigenvalue weighted by Crippen LogP contribution is 2.28. The van der Waals surface area contributed by atoms with Crippen molar-refractivity contribution in [1.82, 2.24) is 20.0 Å². The van der Waals surface area contributed by atoms with Gasteiger partial charge < -0.3 is 10.2 Å². The molecule has 2 saturated heterocycles. The van der Waals surface area contributed by atoms with Gasteiger partial charge in [-0.15, -0.1) is 12.4 Å². The van der Waals surface area contributed by atoms with E-state index in [1.807, 2.05) is 22.6 Å². The largest absolute Gasteiger partial charge is 0.337 e. The highest BCUT2D eigenvalue weighted by atomic mass is 35.5. The summed E-state index contributed by atoms with van der Waals surface area (Å²) >= 11 is 0. The number of hydrogen-bond donors (Lipinski definition) is 1. The number of rotatable bonds is 1. The normalized spacial score (nSPS) is 24.8. The van der Waals surface area contributed by atoms with Gasteiger partial charge in [0, 0.05) is 18.8 Å². The predicted octanol–water partition coefficient (Wildman–Crippen LogP) is 2.44. The molecule has 0 bridgehead atoms. The summed E-state index contributed by atoms with van der Waals surface area (Å²) in [7, 11) is 0. The van der Waals surface area contributed by atoms with Gasteiger partial charge in [0.25, 0.3) is 5.91 Å². The summed E-state index contributed by atoms with van der Waals surface area (Å²) in [5, 5.41) is 8.05. The molecule has 3 rings (SSSR count). The molecule has 3 heterocycles. The number of nitrogens with zero attached hydrogens (tertiary/aromatic N) is 3. The zero-order valence-corrected chi connectivity index (χ0v) is 15.4. The molecule has 1 aromatic rings. The van der Waals surface area contributed by atoms with Crippen LogP contribution in [-0.2, 0) is 5.54 Å². The monoisotopic (exact) mass is 340 g/mol. The van der Waals surface area contributed by atoms with E-state index in [1.165, 1.54) is 0 Å². The lowest BCUT2D eigenvalue weighted by atomic mass is 9.92. The Balaban J connectivity index is 0.00000192. The van der Waals surface area contributed by atoms with E-state index in [2.05, 4.69) is 31.2 Å². The molecule has 0 saturated carbocycles. The van der Waals surface area contributed by atoms with E-state index in [0.29, 0.717) is 5.69 Å². The van der Waals surface area contributed by atoms with Crippen molar-refractivity contribution in [2.75, 3.05) is 26.2 Å². The van der Waals surface area contributed by atoms with Crippen molar-refractivity contribution in [2.45, 2.75) is 46.1 Å². The second-order valence-electron chi connectivity index (χ2n) is 7.80. The Morgan fingerprint density at radius 2 is 1.78 bits per heavy atom. The Labute approximate surface area is 145 Å². The van der Waals surface area contributed by atoms with Crippen LogP contribution >= 0.6 is 12.4 Å². The van der Waals surface area contributed by atoms with Gasteiger partial charge in [-0.25, -0.2) is 0 Å². The van der Waals surface area contributed by atoms with Crippen LogP contribution in [0.5, 0.6) is 0 Å². The van der Waals surface area contributed by atoms with Gasteiger partial charge in [-0.3, -0.25) is 9.48 Å². The van der Waals surface area contributed by atoms with Gasteiger partial charge in [-0.2, -0.15) is 5.10 Å². The molecule has 0 spiro atoms. The summed E-state index contributed by atoms with van der Waals surface area (Å²) in [6, 6.07) is 1.93. The summed E-state index contributed by atoms with van der Waals surface area (Å²) in [5.41, 5.74) is 1.55. The number of carbonyl (C=O) groups excluding carboxylic acids is 1. The number of amides is 1. The molecule has 130 valence electrons. The molecular weight excluding hydrogens is 312 g/mol. The van der Waals surface area contributed by atoms with Gasteiger partial charge in [-0.05, 0) is 71.5 Å². The Hall–Kier alpha value is -1.07. The SMILES string of the molecule is Cc1cc(C(=O)N2CC[C@@H]3CNC[C@@H]3CC2)nn1C(C)(C)C.Cl. The standard InChI is InChI=1S/C17H28N4O.ClH/c1-12-9-15(19-21(12)17(2,3)4)16(22)20-7-5-13-10-18-11-14(13)6-8-20;/h9,13-14,18H,5-8,10-11H2,1-4H3;1H/t13-,14+;. The van der Waals surface area contributed by atoms with E-state index < -0.39 is 0 Å². The lowest BCUT2D eigenvalue weighted by Gasteiger charge is -2.22. The van der Waals surface area contributed by atoms with Crippen LogP contribution in [-0.4, -0.2) is 46.8 Å². The maximum absolute atomic E-state index is 12.8. The first-order chi connectivity index (χ1) is 10.4. The molecule has 2 aliphatic rings. The maximum atomic E-state index is 12.8. The summed E-state index contributed by atoms with van der Waals surface area (Å²) in [5.74, 6) is 1.58. The van der Waals surface area contributed by atoms with Crippen LogP contribution in [0.4, 0.5) is 0 Å². The minimum Gasteiger partial charge on any atom is -0.337 e.